The third kappa shape index (κ3) is 3.97. The fraction of sp³-hybridized carbons (Fsp3) is 0.393. The molecule has 1 aromatic heterocycles. The van der Waals surface area contributed by atoms with E-state index >= 15 is 0 Å². The number of pyridine rings is 1. The Labute approximate surface area is 204 Å². The van der Waals surface area contributed by atoms with Gasteiger partial charge in [0, 0.05) is 36.9 Å². The van der Waals surface area contributed by atoms with Gasteiger partial charge >= 0.3 is 0 Å². The van der Waals surface area contributed by atoms with Crippen LogP contribution in [-0.4, -0.2) is 47.5 Å². The molecule has 2 atom stereocenters. The van der Waals surface area contributed by atoms with Crippen molar-refractivity contribution in [3.63, 3.8) is 0 Å². The average Bonchev–Trinajstić information content (AvgIpc) is 3.13. The Morgan fingerprint density at radius 2 is 1.86 bits per heavy atom. The lowest BCUT2D eigenvalue weighted by Gasteiger charge is -2.44. The first-order valence-corrected chi connectivity index (χ1v) is 12.3. The molecular weight excluding hydrogens is 445 g/mol. The molecule has 2 amide bonds. The van der Waals surface area contributed by atoms with Gasteiger partial charge in [-0.3, -0.25) is 9.59 Å². The molecular formula is C28H30FN3O3. The van der Waals surface area contributed by atoms with Gasteiger partial charge in [-0.1, -0.05) is 49.4 Å². The second kappa shape index (κ2) is 9.38. The van der Waals surface area contributed by atoms with Crippen LogP contribution in [0.25, 0.3) is 10.9 Å². The van der Waals surface area contributed by atoms with E-state index in [4.69, 9.17) is 4.74 Å². The predicted octanol–water partition coefficient (Wildman–Crippen LogP) is 4.53. The Bertz CT molecular complexity index is 1270. The molecule has 3 aromatic rings. The Balaban J connectivity index is 1.42. The number of carbonyl (C=O) groups excluding carboxylic acids is 2. The fourth-order valence-corrected chi connectivity index (χ4v) is 5.78. The Kier molecular flexibility index (Phi) is 6.28. The number of nitrogens with one attached hydrogen (secondary N) is 1. The van der Waals surface area contributed by atoms with E-state index in [-0.39, 0.29) is 40.6 Å². The van der Waals surface area contributed by atoms with Gasteiger partial charge in [-0.05, 0) is 43.0 Å². The van der Waals surface area contributed by atoms with Crippen LogP contribution >= 0.6 is 0 Å². The molecule has 1 spiro atoms. The van der Waals surface area contributed by atoms with Gasteiger partial charge in [-0.15, -0.1) is 0 Å². The molecule has 5 rings (SSSR count). The molecule has 2 aliphatic rings. The Morgan fingerprint density at radius 3 is 2.60 bits per heavy atom. The van der Waals surface area contributed by atoms with Crippen molar-refractivity contribution in [1.29, 1.82) is 0 Å². The maximum atomic E-state index is 14.2. The third-order valence-corrected chi connectivity index (χ3v) is 7.50. The van der Waals surface area contributed by atoms with Crippen molar-refractivity contribution in [2.45, 2.75) is 50.7 Å². The maximum Gasteiger partial charge on any atom is 0.272 e. The molecule has 0 unspecified atom stereocenters. The average molecular weight is 476 g/mol. The monoisotopic (exact) mass is 475 g/mol. The summed E-state index contributed by atoms with van der Waals surface area (Å²) in [6.45, 7) is 5.41. The summed E-state index contributed by atoms with van der Waals surface area (Å²) in [5.41, 5.74) is 2.46. The van der Waals surface area contributed by atoms with Crippen molar-refractivity contribution in [2.75, 3.05) is 19.7 Å². The van der Waals surface area contributed by atoms with Gasteiger partial charge in [0.1, 0.15) is 17.0 Å². The summed E-state index contributed by atoms with van der Waals surface area (Å²) in [7, 11) is 0. The number of fused-ring (bicyclic) bond motifs is 3. The van der Waals surface area contributed by atoms with Crippen molar-refractivity contribution in [1.82, 2.24) is 15.2 Å². The van der Waals surface area contributed by atoms with Crippen molar-refractivity contribution in [3.05, 3.63) is 77.2 Å². The van der Waals surface area contributed by atoms with Crippen LogP contribution in [0.2, 0.25) is 0 Å². The third-order valence-electron chi connectivity index (χ3n) is 7.50. The lowest BCUT2D eigenvalue weighted by Crippen LogP contribution is -2.52. The smallest absolute Gasteiger partial charge is 0.272 e. The highest BCUT2D eigenvalue weighted by Crippen LogP contribution is 2.52. The second-order valence-electron chi connectivity index (χ2n) is 9.32. The van der Waals surface area contributed by atoms with E-state index in [0.29, 0.717) is 44.3 Å². The minimum absolute atomic E-state index is 0.00576. The van der Waals surface area contributed by atoms with Gasteiger partial charge < -0.3 is 15.0 Å². The lowest BCUT2D eigenvalue weighted by atomic mass is 9.71. The van der Waals surface area contributed by atoms with Gasteiger partial charge in [0.15, 0.2) is 0 Å². The number of rotatable bonds is 5. The molecule has 2 heterocycles. The summed E-state index contributed by atoms with van der Waals surface area (Å²) in [6, 6.07) is 16.2. The first kappa shape index (κ1) is 23.4. The Hall–Kier alpha value is -3.32. The summed E-state index contributed by atoms with van der Waals surface area (Å²) < 4.78 is 20.6. The van der Waals surface area contributed by atoms with E-state index in [1.165, 1.54) is 11.6 Å². The normalized spacial score (nSPS) is 20.7. The number of aromatic nitrogens is 1. The molecule has 0 saturated carbocycles. The topological polar surface area (TPSA) is 71.5 Å². The molecule has 35 heavy (non-hydrogen) atoms. The molecule has 1 fully saturated rings. The highest BCUT2D eigenvalue weighted by atomic mass is 19.1. The van der Waals surface area contributed by atoms with E-state index < -0.39 is 5.82 Å². The van der Waals surface area contributed by atoms with Crippen LogP contribution in [-0.2, 0) is 14.9 Å². The Morgan fingerprint density at radius 1 is 1.09 bits per heavy atom. The summed E-state index contributed by atoms with van der Waals surface area (Å²) >= 11 is 0. The van der Waals surface area contributed by atoms with Gasteiger partial charge in [0.05, 0.1) is 12.1 Å². The number of hydrogen-bond acceptors (Lipinski definition) is 4. The molecule has 1 saturated heterocycles. The van der Waals surface area contributed by atoms with Crippen molar-refractivity contribution >= 4 is 22.7 Å². The summed E-state index contributed by atoms with van der Waals surface area (Å²) in [5.74, 6) is -0.633. The SMILES string of the molecule is CCO[C@H]1[C@H](NC(=O)CC)c2ccccc2C12CCN(C(=O)c1ccc3cccc(F)c3n1)CC2. The summed E-state index contributed by atoms with van der Waals surface area (Å²) in [6.07, 6.45) is 1.62. The minimum atomic E-state index is -0.433. The number of ether oxygens (including phenoxy) is 1. The number of halogens is 1. The van der Waals surface area contributed by atoms with Crippen LogP contribution in [0.3, 0.4) is 0 Å². The van der Waals surface area contributed by atoms with Crippen LogP contribution in [0.1, 0.15) is 60.8 Å². The molecule has 2 aromatic carbocycles. The first-order chi connectivity index (χ1) is 17.0. The van der Waals surface area contributed by atoms with E-state index in [1.807, 2.05) is 26.0 Å². The molecule has 1 aliphatic heterocycles. The molecule has 182 valence electrons. The highest BCUT2D eigenvalue weighted by molar-refractivity contribution is 5.95. The van der Waals surface area contributed by atoms with Crippen LogP contribution in [0, 0.1) is 5.82 Å². The molecule has 6 nitrogen and oxygen atoms in total. The number of amides is 2. The standard InChI is InChI=1S/C28H30FN3O3/c1-3-23(33)31-25-19-9-5-6-10-20(19)28(26(25)35-4-2)14-16-32(17-15-28)27(34)22-13-12-18-8-7-11-21(29)24(18)30-22/h5-13,25-26H,3-4,14-17H2,1-2H3,(H,31,33)/t25-,26+/m1/s1. The molecule has 1 N–H and O–H groups in total. The molecule has 1 aliphatic carbocycles. The van der Waals surface area contributed by atoms with Crippen molar-refractivity contribution in [3.8, 4) is 0 Å². The molecule has 7 heteroatoms. The molecule has 0 radical (unpaired) electrons. The summed E-state index contributed by atoms with van der Waals surface area (Å²) in [4.78, 5) is 31.8. The van der Waals surface area contributed by atoms with Crippen molar-refractivity contribution in [2.24, 2.45) is 0 Å². The van der Waals surface area contributed by atoms with E-state index in [9.17, 15) is 14.0 Å². The largest absolute Gasteiger partial charge is 0.375 e. The zero-order valence-corrected chi connectivity index (χ0v) is 20.1. The van der Waals surface area contributed by atoms with Gasteiger partial charge in [-0.25, -0.2) is 9.37 Å². The highest BCUT2D eigenvalue weighted by Gasteiger charge is 2.54. The van der Waals surface area contributed by atoms with Gasteiger partial charge in [0.2, 0.25) is 5.91 Å². The minimum Gasteiger partial charge on any atom is -0.375 e. The number of likely N-dealkylation sites (tertiary alicyclic amines) is 1. The maximum absolute atomic E-state index is 14.2. The lowest BCUT2D eigenvalue weighted by molar-refractivity contribution is -0.123. The van der Waals surface area contributed by atoms with E-state index in [0.717, 1.165) is 5.56 Å². The van der Waals surface area contributed by atoms with Crippen LogP contribution in [0.5, 0.6) is 0 Å². The van der Waals surface area contributed by atoms with E-state index in [1.54, 1.807) is 29.2 Å². The predicted molar refractivity (Wildman–Crippen MR) is 132 cm³/mol. The zero-order chi connectivity index (χ0) is 24.6. The van der Waals surface area contributed by atoms with Gasteiger partial charge in [0.25, 0.3) is 5.91 Å². The van der Waals surface area contributed by atoms with E-state index in [2.05, 4.69) is 22.4 Å². The number of para-hydroxylation sites is 1. The fourth-order valence-electron chi connectivity index (χ4n) is 5.78. The summed E-state index contributed by atoms with van der Waals surface area (Å²) in [5, 5.41) is 3.85. The quantitative estimate of drug-likeness (QED) is 0.588. The second-order valence-corrected chi connectivity index (χ2v) is 9.32. The van der Waals surface area contributed by atoms with Gasteiger partial charge in [-0.2, -0.15) is 0 Å². The van der Waals surface area contributed by atoms with Crippen LogP contribution < -0.4 is 5.32 Å². The van der Waals surface area contributed by atoms with Crippen LogP contribution in [0.4, 0.5) is 4.39 Å². The molecule has 0 bridgehead atoms. The number of hydrogen-bond donors (Lipinski definition) is 1. The van der Waals surface area contributed by atoms with Crippen molar-refractivity contribution < 1.29 is 18.7 Å². The first-order valence-electron chi connectivity index (χ1n) is 12.3. The number of benzene rings is 2. The number of carbonyl (C=O) groups is 2. The number of piperidine rings is 1. The number of nitrogens with zero attached hydrogens (tertiary/aromatic N) is 2. The zero-order valence-electron chi connectivity index (χ0n) is 20.1. The van der Waals surface area contributed by atoms with Crippen LogP contribution in [0.15, 0.2) is 54.6 Å².